The minimum Gasteiger partial charge on any atom is -0.462 e. The molecule has 7 atom stereocenters. The maximum atomic E-state index is 12.6. The first kappa shape index (κ1) is 15.4. The number of ether oxygens (including phenoxy) is 3. The van der Waals surface area contributed by atoms with Crippen molar-refractivity contribution in [1.29, 1.82) is 0 Å². The summed E-state index contributed by atoms with van der Waals surface area (Å²) in [6.45, 7) is 3.26. The SMILES string of the molecule is CCCC1(CC(=O)OC2CC3CC2C2C4C=CC(C4)C32)OCCO1. The summed E-state index contributed by atoms with van der Waals surface area (Å²) in [5.74, 6) is 3.76. The molecule has 3 saturated carbocycles. The maximum absolute atomic E-state index is 12.6. The van der Waals surface area contributed by atoms with Crippen LogP contribution in [0, 0.1) is 35.5 Å². The van der Waals surface area contributed by atoms with Gasteiger partial charge in [-0.3, -0.25) is 4.79 Å². The topological polar surface area (TPSA) is 44.8 Å². The van der Waals surface area contributed by atoms with Crippen molar-refractivity contribution in [3.05, 3.63) is 12.2 Å². The number of hydrogen-bond donors (Lipinski definition) is 0. The molecule has 0 aromatic heterocycles. The van der Waals surface area contributed by atoms with Gasteiger partial charge in [0.15, 0.2) is 5.79 Å². The third-order valence-corrected chi connectivity index (χ3v) is 7.35. The molecule has 0 N–H and O–H groups in total. The lowest BCUT2D eigenvalue weighted by atomic mass is 9.72. The van der Waals surface area contributed by atoms with Gasteiger partial charge in [0.1, 0.15) is 6.10 Å². The van der Waals surface area contributed by atoms with Crippen molar-refractivity contribution in [3.63, 3.8) is 0 Å². The summed E-state index contributed by atoms with van der Waals surface area (Å²) in [7, 11) is 0. The Kier molecular flexibility index (Phi) is 3.57. The van der Waals surface area contributed by atoms with E-state index in [9.17, 15) is 4.79 Å². The Morgan fingerprint density at radius 1 is 1.12 bits per heavy atom. The maximum Gasteiger partial charge on any atom is 0.311 e. The zero-order valence-electron chi connectivity index (χ0n) is 14.5. The Hall–Kier alpha value is -0.870. The number of esters is 1. The van der Waals surface area contributed by atoms with E-state index in [4.69, 9.17) is 14.2 Å². The lowest BCUT2D eigenvalue weighted by Gasteiger charge is -2.36. The molecule has 1 saturated heterocycles. The largest absolute Gasteiger partial charge is 0.462 e. The van der Waals surface area contributed by atoms with Crippen LogP contribution < -0.4 is 0 Å². The van der Waals surface area contributed by atoms with Crippen LogP contribution in [0.5, 0.6) is 0 Å². The number of rotatable bonds is 5. The molecule has 4 fully saturated rings. The molecule has 4 aliphatic carbocycles. The van der Waals surface area contributed by atoms with E-state index in [-0.39, 0.29) is 18.5 Å². The van der Waals surface area contributed by atoms with Gasteiger partial charge in [-0.2, -0.15) is 0 Å². The van der Waals surface area contributed by atoms with Gasteiger partial charge in [0.2, 0.25) is 0 Å². The van der Waals surface area contributed by atoms with Crippen LogP contribution in [0.15, 0.2) is 12.2 Å². The fourth-order valence-corrected chi connectivity index (χ4v) is 6.73. The van der Waals surface area contributed by atoms with E-state index in [1.54, 1.807) is 0 Å². The van der Waals surface area contributed by atoms with Crippen LogP contribution in [0.2, 0.25) is 0 Å². The third-order valence-electron chi connectivity index (χ3n) is 7.35. The molecule has 0 aromatic rings. The van der Waals surface area contributed by atoms with Gasteiger partial charge >= 0.3 is 5.97 Å². The molecule has 5 aliphatic rings. The van der Waals surface area contributed by atoms with Crippen molar-refractivity contribution in [1.82, 2.24) is 0 Å². The molecule has 24 heavy (non-hydrogen) atoms. The van der Waals surface area contributed by atoms with E-state index in [0.717, 1.165) is 48.9 Å². The quantitative estimate of drug-likeness (QED) is 0.440. The molecule has 0 spiro atoms. The first-order valence-electron chi connectivity index (χ1n) is 9.85. The van der Waals surface area contributed by atoms with Gasteiger partial charge in [0, 0.05) is 6.42 Å². The molecule has 5 rings (SSSR count). The molecular formula is C20H28O4. The molecule has 1 aliphatic heterocycles. The van der Waals surface area contributed by atoms with E-state index in [0.29, 0.717) is 19.1 Å². The molecule has 7 unspecified atom stereocenters. The Labute approximate surface area is 143 Å². The van der Waals surface area contributed by atoms with E-state index >= 15 is 0 Å². The molecule has 0 aromatic carbocycles. The molecule has 4 bridgehead atoms. The predicted octanol–water partition coefficient (Wildman–Crippen LogP) is 3.31. The normalized spacial score (nSPS) is 46.6. The highest BCUT2D eigenvalue weighted by atomic mass is 16.7. The molecule has 1 heterocycles. The highest BCUT2D eigenvalue weighted by molar-refractivity contribution is 5.70. The highest BCUT2D eigenvalue weighted by Crippen LogP contribution is 2.65. The second-order valence-electron chi connectivity index (χ2n) is 8.56. The van der Waals surface area contributed by atoms with Gasteiger partial charge in [-0.1, -0.05) is 25.5 Å². The van der Waals surface area contributed by atoms with Gasteiger partial charge in [0.25, 0.3) is 0 Å². The van der Waals surface area contributed by atoms with Gasteiger partial charge in [0.05, 0.1) is 19.6 Å². The summed E-state index contributed by atoms with van der Waals surface area (Å²) in [5.41, 5.74) is 0. The number of fused-ring (bicyclic) bond motifs is 9. The zero-order valence-corrected chi connectivity index (χ0v) is 14.5. The molecule has 4 nitrogen and oxygen atoms in total. The van der Waals surface area contributed by atoms with Crippen molar-refractivity contribution >= 4 is 5.97 Å². The third kappa shape index (κ3) is 2.22. The van der Waals surface area contributed by atoms with Crippen LogP contribution in [0.3, 0.4) is 0 Å². The average molecular weight is 332 g/mol. The fourth-order valence-electron chi connectivity index (χ4n) is 6.73. The summed E-state index contributed by atoms with van der Waals surface area (Å²) in [6, 6.07) is 0. The van der Waals surface area contributed by atoms with Crippen molar-refractivity contribution < 1.29 is 19.0 Å². The summed E-state index contributed by atoms with van der Waals surface area (Å²) < 4.78 is 17.5. The van der Waals surface area contributed by atoms with Crippen LogP contribution in [0.1, 0.15) is 45.4 Å². The molecule has 4 heteroatoms. The summed E-state index contributed by atoms with van der Waals surface area (Å²) in [5, 5.41) is 0. The zero-order chi connectivity index (χ0) is 16.3. The van der Waals surface area contributed by atoms with Crippen molar-refractivity contribution in [2.75, 3.05) is 13.2 Å². The molecular weight excluding hydrogens is 304 g/mol. The number of carbonyl (C=O) groups excluding carboxylic acids is 1. The van der Waals surface area contributed by atoms with E-state index in [2.05, 4.69) is 19.1 Å². The standard InChI is InChI=1S/C20H28O4/c1-2-5-20(22-6-7-23-20)11-17(21)24-16-10-14-9-15(16)19-13-4-3-12(8-13)18(14)19/h3-4,12-16,18-19H,2,5-11H2,1H3. The van der Waals surface area contributed by atoms with Gasteiger partial charge in [-0.15, -0.1) is 0 Å². The molecule has 132 valence electrons. The van der Waals surface area contributed by atoms with Gasteiger partial charge < -0.3 is 14.2 Å². The van der Waals surface area contributed by atoms with E-state index in [1.807, 2.05) is 0 Å². The summed E-state index contributed by atoms with van der Waals surface area (Å²) >= 11 is 0. The number of allylic oxidation sites excluding steroid dienone is 2. The Morgan fingerprint density at radius 3 is 2.62 bits per heavy atom. The predicted molar refractivity (Wildman–Crippen MR) is 88.0 cm³/mol. The first-order chi connectivity index (χ1) is 11.7. The van der Waals surface area contributed by atoms with Crippen LogP contribution in [0.25, 0.3) is 0 Å². The molecule has 0 amide bonds. The fraction of sp³-hybridized carbons (Fsp3) is 0.850. The summed E-state index contributed by atoms with van der Waals surface area (Å²) in [6.07, 6.45) is 10.7. The average Bonchev–Trinajstić information content (AvgIpc) is 3.33. The van der Waals surface area contributed by atoms with Gasteiger partial charge in [-0.25, -0.2) is 0 Å². The second kappa shape index (κ2) is 5.57. The molecule has 0 radical (unpaired) electrons. The van der Waals surface area contributed by atoms with Crippen LogP contribution >= 0.6 is 0 Å². The van der Waals surface area contributed by atoms with Crippen molar-refractivity contribution in [2.24, 2.45) is 35.5 Å². The Balaban J connectivity index is 1.23. The number of carbonyl (C=O) groups is 1. The van der Waals surface area contributed by atoms with Crippen LogP contribution in [-0.2, 0) is 19.0 Å². The monoisotopic (exact) mass is 332 g/mol. The van der Waals surface area contributed by atoms with E-state index < -0.39 is 5.79 Å². The minimum absolute atomic E-state index is 0.127. The Bertz CT molecular complexity index is 550. The number of hydrogen-bond acceptors (Lipinski definition) is 4. The first-order valence-corrected chi connectivity index (χ1v) is 9.85. The summed E-state index contributed by atoms with van der Waals surface area (Å²) in [4.78, 5) is 12.6. The second-order valence-corrected chi connectivity index (χ2v) is 8.56. The van der Waals surface area contributed by atoms with Crippen molar-refractivity contribution in [2.45, 2.75) is 57.3 Å². The smallest absolute Gasteiger partial charge is 0.311 e. The van der Waals surface area contributed by atoms with Crippen LogP contribution in [0.4, 0.5) is 0 Å². The lowest BCUT2D eigenvalue weighted by Crippen LogP contribution is -2.39. The lowest BCUT2D eigenvalue weighted by molar-refractivity contribution is -0.190. The minimum atomic E-state index is -0.721. The van der Waals surface area contributed by atoms with Crippen LogP contribution in [-0.4, -0.2) is 31.1 Å². The Morgan fingerprint density at radius 2 is 1.88 bits per heavy atom. The van der Waals surface area contributed by atoms with E-state index in [1.165, 1.54) is 12.8 Å². The highest BCUT2D eigenvalue weighted by Gasteiger charge is 2.62. The van der Waals surface area contributed by atoms with Gasteiger partial charge in [-0.05, 0) is 54.8 Å². The van der Waals surface area contributed by atoms with Crippen molar-refractivity contribution in [3.8, 4) is 0 Å².